The van der Waals surface area contributed by atoms with Gasteiger partial charge in [0.25, 0.3) is 5.91 Å². The molecule has 1 aromatic rings. The van der Waals surface area contributed by atoms with E-state index < -0.39 is 43.0 Å². The van der Waals surface area contributed by atoms with E-state index in [0.29, 0.717) is 16.9 Å². The molecule has 0 radical (unpaired) electrons. The zero-order valence-electron chi connectivity index (χ0n) is 13.5. The molecule has 1 aliphatic rings. The van der Waals surface area contributed by atoms with E-state index >= 15 is 0 Å². The number of carboxylic acid groups (broad SMARTS) is 1. The Balaban J connectivity index is 2.30. The van der Waals surface area contributed by atoms with E-state index in [2.05, 4.69) is 0 Å². The van der Waals surface area contributed by atoms with E-state index in [1.807, 2.05) is 0 Å². The Morgan fingerprint density at radius 2 is 1.75 bits per heavy atom. The maximum atomic E-state index is 13.0. The van der Waals surface area contributed by atoms with E-state index in [1.165, 1.54) is 19.2 Å². The van der Waals surface area contributed by atoms with E-state index in [4.69, 9.17) is 9.84 Å². The Kier molecular flexibility index (Phi) is 4.77. The van der Waals surface area contributed by atoms with E-state index in [-0.39, 0.29) is 5.56 Å². The van der Waals surface area contributed by atoms with Gasteiger partial charge in [0.1, 0.15) is 5.75 Å². The molecule has 2 rings (SSSR count). The Bertz CT molecular complexity index is 649. The number of rotatable bonds is 3. The van der Waals surface area contributed by atoms with Crippen LogP contribution in [0.5, 0.6) is 5.75 Å². The molecule has 24 heavy (non-hydrogen) atoms. The number of halogens is 3. The molecule has 1 saturated heterocycles. The molecule has 1 aromatic carbocycles. The van der Waals surface area contributed by atoms with Crippen molar-refractivity contribution >= 4 is 11.9 Å². The molecule has 2 atom stereocenters. The Morgan fingerprint density at radius 1 is 1.21 bits per heavy atom. The second-order valence-electron chi connectivity index (χ2n) is 5.95. The third kappa shape index (κ3) is 3.32. The van der Waals surface area contributed by atoms with Crippen molar-refractivity contribution < 1.29 is 32.6 Å². The molecule has 0 saturated carbocycles. The van der Waals surface area contributed by atoms with Crippen LogP contribution in [0.2, 0.25) is 0 Å². The molecule has 0 aliphatic carbocycles. The van der Waals surface area contributed by atoms with Crippen LogP contribution in [0.15, 0.2) is 12.1 Å². The van der Waals surface area contributed by atoms with Crippen LogP contribution in [-0.2, 0) is 4.79 Å². The number of methoxy groups -OCH3 is 1. The SMILES string of the molecule is COc1c(C)cc(C(=O)N2C[C@@H](C(F)(F)F)[C@H](C(=O)O)C2)cc1C. The molecule has 0 spiro atoms. The maximum Gasteiger partial charge on any atom is 0.394 e. The first-order valence-electron chi connectivity index (χ1n) is 7.30. The summed E-state index contributed by atoms with van der Waals surface area (Å²) in [6.07, 6.45) is -4.66. The van der Waals surface area contributed by atoms with Crippen molar-refractivity contribution in [2.24, 2.45) is 11.8 Å². The second-order valence-corrected chi connectivity index (χ2v) is 5.95. The van der Waals surface area contributed by atoms with Gasteiger partial charge in [-0.15, -0.1) is 0 Å². The van der Waals surface area contributed by atoms with Crippen LogP contribution in [-0.4, -0.2) is 48.3 Å². The van der Waals surface area contributed by atoms with Crippen LogP contribution in [0.1, 0.15) is 21.5 Å². The fourth-order valence-electron chi connectivity index (χ4n) is 3.13. The predicted octanol–water partition coefficient (Wildman–Crippen LogP) is 2.65. The summed E-state index contributed by atoms with van der Waals surface area (Å²) in [6, 6.07) is 3.07. The highest BCUT2D eigenvalue weighted by molar-refractivity contribution is 5.95. The number of carbonyl (C=O) groups is 2. The minimum Gasteiger partial charge on any atom is -0.496 e. The monoisotopic (exact) mass is 345 g/mol. The lowest BCUT2D eigenvalue weighted by molar-refractivity contribution is -0.187. The normalized spacial score (nSPS) is 21.0. The van der Waals surface area contributed by atoms with Gasteiger partial charge in [-0.25, -0.2) is 0 Å². The smallest absolute Gasteiger partial charge is 0.394 e. The number of ether oxygens (including phenoxy) is 1. The summed E-state index contributed by atoms with van der Waals surface area (Å²) in [4.78, 5) is 24.6. The number of aliphatic carboxylic acids is 1. The molecule has 0 unspecified atom stereocenters. The third-order valence-electron chi connectivity index (χ3n) is 4.26. The van der Waals surface area contributed by atoms with Gasteiger partial charge in [-0.3, -0.25) is 9.59 Å². The first-order valence-corrected chi connectivity index (χ1v) is 7.30. The number of hydrogen-bond acceptors (Lipinski definition) is 3. The van der Waals surface area contributed by atoms with Gasteiger partial charge in [0.05, 0.1) is 18.9 Å². The minimum atomic E-state index is -4.66. The van der Waals surface area contributed by atoms with Crippen LogP contribution in [0.4, 0.5) is 13.2 Å². The highest BCUT2D eigenvalue weighted by atomic mass is 19.4. The number of amides is 1. The molecule has 0 bridgehead atoms. The molecule has 1 N–H and O–H groups in total. The summed E-state index contributed by atoms with van der Waals surface area (Å²) in [5.41, 5.74) is 1.59. The molecular weight excluding hydrogens is 327 g/mol. The standard InChI is InChI=1S/C16H18F3NO4/c1-8-4-10(5-9(2)13(8)24-3)14(21)20-6-11(15(22)23)12(7-20)16(17,18)19/h4-5,11-12H,6-7H2,1-3H3,(H,22,23)/t11-,12-/m1/s1. The van der Waals surface area contributed by atoms with Gasteiger partial charge in [0, 0.05) is 18.7 Å². The predicted molar refractivity (Wildman–Crippen MR) is 79.0 cm³/mol. The number of hydrogen-bond donors (Lipinski definition) is 1. The molecule has 0 aromatic heterocycles. The number of carbonyl (C=O) groups excluding carboxylic acids is 1. The average molecular weight is 345 g/mol. The average Bonchev–Trinajstić information content (AvgIpc) is 2.91. The summed E-state index contributed by atoms with van der Waals surface area (Å²) < 4.78 is 44.3. The van der Waals surface area contributed by atoms with Crippen molar-refractivity contribution in [1.29, 1.82) is 0 Å². The first-order chi connectivity index (χ1) is 11.1. The van der Waals surface area contributed by atoms with E-state index in [9.17, 15) is 22.8 Å². The Morgan fingerprint density at radius 3 is 2.12 bits per heavy atom. The van der Waals surface area contributed by atoms with Gasteiger partial charge in [-0.05, 0) is 37.1 Å². The highest BCUT2D eigenvalue weighted by Gasteiger charge is 2.53. The topological polar surface area (TPSA) is 66.8 Å². The summed E-state index contributed by atoms with van der Waals surface area (Å²) in [6.45, 7) is 2.35. The van der Waals surface area contributed by atoms with E-state index in [0.717, 1.165) is 4.90 Å². The number of nitrogens with zero attached hydrogens (tertiary/aromatic N) is 1. The van der Waals surface area contributed by atoms with Gasteiger partial charge in [0.2, 0.25) is 0 Å². The van der Waals surface area contributed by atoms with Gasteiger partial charge in [-0.2, -0.15) is 13.2 Å². The summed E-state index contributed by atoms with van der Waals surface area (Å²) in [5.74, 6) is -5.25. The molecule has 1 amide bonds. The van der Waals surface area contributed by atoms with Crippen molar-refractivity contribution in [3.05, 3.63) is 28.8 Å². The molecule has 1 heterocycles. The third-order valence-corrected chi connectivity index (χ3v) is 4.26. The highest BCUT2D eigenvalue weighted by Crippen LogP contribution is 2.38. The lowest BCUT2D eigenvalue weighted by Crippen LogP contribution is -2.34. The summed E-state index contributed by atoms with van der Waals surface area (Å²) >= 11 is 0. The molecule has 8 heteroatoms. The molecule has 132 valence electrons. The number of alkyl halides is 3. The molecular formula is C16H18F3NO4. The Labute approximate surface area is 137 Å². The number of carboxylic acids is 1. The summed E-state index contributed by atoms with van der Waals surface area (Å²) in [5, 5.41) is 9.02. The van der Waals surface area contributed by atoms with Crippen LogP contribution in [0, 0.1) is 25.7 Å². The second kappa shape index (κ2) is 6.33. The zero-order valence-corrected chi connectivity index (χ0v) is 13.5. The quantitative estimate of drug-likeness (QED) is 0.915. The van der Waals surface area contributed by atoms with Crippen molar-refractivity contribution in [2.45, 2.75) is 20.0 Å². The van der Waals surface area contributed by atoms with Crippen LogP contribution in [0.3, 0.4) is 0 Å². The van der Waals surface area contributed by atoms with Crippen LogP contribution in [0.25, 0.3) is 0 Å². The number of benzene rings is 1. The molecule has 1 fully saturated rings. The molecule has 1 aliphatic heterocycles. The van der Waals surface area contributed by atoms with Crippen molar-refractivity contribution in [2.75, 3.05) is 20.2 Å². The van der Waals surface area contributed by atoms with Gasteiger partial charge < -0.3 is 14.7 Å². The maximum absolute atomic E-state index is 13.0. The number of likely N-dealkylation sites (tertiary alicyclic amines) is 1. The molecule has 5 nitrogen and oxygen atoms in total. The summed E-state index contributed by atoms with van der Waals surface area (Å²) in [7, 11) is 1.49. The lowest BCUT2D eigenvalue weighted by atomic mass is 9.96. The van der Waals surface area contributed by atoms with Crippen molar-refractivity contribution in [3.8, 4) is 5.75 Å². The van der Waals surface area contributed by atoms with Gasteiger partial charge >= 0.3 is 12.1 Å². The van der Waals surface area contributed by atoms with Crippen molar-refractivity contribution in [3.63, 3.8) is 0 Å². The largest absolute Gasteiger partial charge is 0.496 e. The van der Waals surface area contributed by atoms with Crippen LogP contribution < -0.4 is 4.74 Å². The fourth-order valence-corrected chi connectivity index (χ4v) is 3.13. The number of aryl methyl sites for hydroxylation is 2. The zero-order chi connectivity index (χ0) is 18.2. The minimum absolute atomic E-state index is 0.220. The lowest BCUT2D eigenvalue weighted by Gasteiger charge is -2.19. The van der Waals surface area contributed by atoms with E-state index in [1.54, 1.807) is 13.8 Å². The fraction of sp³-hybridized carbons (Fsp3) is 0.500. The van der Waals surface area contributed by atoms with Crippen molar-refractivity contribution in [1.82, 2.24) is 4.90 Å². The van der Waals surface area contributed by atoms with Gasteiger partial charge in [-0.1, -0.05) is 0 Å². The van der Waals surface area contributed by atoms with Gasteiger partial charge in [0.15, 0.2) is 0 Å². The first kappa shape index (κ1) is 18.1. The Hall–Kier alpha value is -2.25. The van der Waals surface area contributed by atoms with Crippen LogP contribution >= 0.6 is 0 Å².